The van der Waals surface area contributed by atoms with Gasteiger partial charge >= 0.3 is 0 Å². The Morgan fingerprint density at radius 2 is 1.00 bits per heavy atom. The van der Waals surface area contributed by atoms with E-state index in [9.17, 15) is 30.3 Å². The number of carbonyl (C=O) groups is 1. The molecule has 0 spiro atoms. The van der Waals surface area contributed by atoms with Gasteiger partial charge in [0.15, 0.2) is 6.29 Å². The first-order chi connectivity index (χ1) is 26.8. The zero-order valence-electron chi connectivity index (χ0n) is 35.7. The second kappa shape index (κ2) is 37.2. The maximum absolute atomic E-state index is 13.0. The summed E-state index contributed by atoms with van der Waals surface area (Å²) in [6, 6.07) is -0.798. The molecule has 0 bridgehead atoms. The summed E-state index contributed by atoms with van der Waals surface area (Å²) in [6.45, 7) is 3.79. The highest BCUT2D eigenvalue weighted by atomic mass is 16.7. The minimum absolute atomic E-state index is 0.174. The van der Waals surface area contributed by atoms with E-state index in [0.717, 1.165) is 38.5 Å². The molecule has 0 aromatic heterocycles. The molecule has 9 heteroatoms. The van der Waals surface area contributed by atoms with Crippen molar-refractivity contribution < 1.29 is 39.8 Å². The van der Waals surface area contributed by atoms with Gasteiger partial charge in [0.2, 0.25) is 5.91 Å². The van der Waals surface area contributed by atoms with Crippen LogP contribution in [0.15, 0.2) is 12.2 Å². The third kappa shape index (κ3) is 28.1. The smallest absolute Gasteiger partial charge is 0.220 e. The van der Waals surface area contributed by atoms with Crippen LogP contribution in [0.5, 0.6) is 0 Å². The summed E-state index contributed by atoms with van der Waals surface area (Å²) in [6.07, 6.45) is 35.3. The number of hydrogen-bond donors (Lipinski definition) is 6. The van der Waals surface area contributed by atoms with Gasteiger partial charge < -0.3 is 40.3 Å². The van der Waals surface area contributed by atoms with Crippen LogP contribution in [-0.4, -0.2) is 87.5 Å². The molecule has 0 aliphatic carbocycles. The number of hydrogen-bond acceptors (Lipinski definition) is 8. The van der Waals surface area contributed by atoms with Crippen molar-refractivity contribution in [1.29, 1.82) is 0 Å². The molecule has 1 aliphatic heterocycles. The van der Waals surface area contributed by atoms with Gasteiger partial charge in [0.25, 0.3) is 0 Å². The number of unbranched alkanes of at least 4 members (excludes halogenated alkanes) is 29. The Kier molecular flexibility index (Phi) is 35.2. The first kappa shape index (κ1) is 51.9. The summed E-state index contributed by atoms with van der Waals surface area (Å²) in [5.41, 5.74) is 0. The highest BCUT2D eigenvalue weighted by molar-refractivity contribution is 5.76. The molecule has 6 N–H and O–H groups in total. The highest BCUT2D eigenvalue weighted by Crippen LogP contribution is 2.23. The number of rotatable bonds is 39. The van der Waals surface area contributed by atoms with E-state index in [4.69, 9.17) is 9.47 Å². The van der Waals surface area contributed by atoms with Crippen LogP contribution >= 0.6 is 0 Å². The van der Waals surface area contributed by atoms with Crippen molar-refractivity contribution in [3.63, 3.8) is 0 Å². The molecular formula is C46H89NO8. The Bertz CT molecular complexity index is 873. The number of aliphatic hydroxyl groups excluding tert-OH is 5. The zero-order valence-corrected chi connectivity index (χ0v) is 35.7. The van der Waals surface area contributed by atoms with Crippen LogP contribution in [-0.2, 0) is 14.3 Å². The molecule has 55 heavy (non-hydrogen) atoms. The maximum atomic E-state index is 13.0. The Morgan fingerprint density at radius 3 is 1.42 bits per heavy atom. The summed E-state index contributed by atoms with van der Waals surface area (Å²) in [7, 11) is 0. The molecule has 0 saturated carbocycles. The SMILES string of the molecule is CCCCCCCCCCCCCCC/C=C/[C@@H](O)[C@H](CO[C@H]1O[C@@H](CO)[C@H](O)C(O)C1O)NC(=O)CCCCCCCCCCCCCCCCCCC. The lowest BCUT2D eigenvalue weighted by molar-refractivity contribution is -0.302. The van der Waals surface area contributed by atoms with Gasteiger partial charge in [0.1, 0.15) is 24.4 Å². The molecule has 1 saturated heterocycles. The standard InChI is InChI=1S/C46H89NO8/c1-3-5-7-9-11-13-15-17-19-20-22-24-26-28-30-32-34-36-42(50)47-39(38-54-46-45(53)44(52)43(51)41(37-48)55-46)40(49)35-33-31-29-27-25-23-21-18-16-14-12-10-8-6-4-2/h33,35,39-41,43-46,48-49,51-53H,3-32,34,36-38H2,1-2H3,(H,47,50)/b35-33+/t39-,40+,41-,43-,44?,45?,46-/m0/s1. The van der Waals surface area contributed by atoms with Crippen molar-refractivity contribution >= 4 is 5.91 Å². The number of carbonyl (C=O) groups excluding carboxylic acids is 1. The minimum Gasteiger partial charge on any atom is -0.394 e. The third-order valence-electron chi connectivity index (χ3n) is 11.4. The van der Waals surface area contributed by atoms with Gasteiger partial charge in [-0.3, -0.25) is 4.79 Å². The Labute approximate surface area is 337 Å². The molecule has 0 aromatic carbocycles. The topological polar surface area (TPSA) is 149 Å². The fourth-order valence-corrected chi connectivity index (χ4v) is 7.57. The van der Waals surface area contributed by atoms with E-state index < -0.39 is 49.5 Å². The molecule has 0 aromatic rings. The lowest BCUT2D eigenvalue weighted by Gasteiger charge is -2.40. The quantitative estimate of drug-likeness (QED) is 0.0267. The van der Waals surface area contributed by atoms with Crippen molar-refractivity contribution in [2.24, 2.45) is 0 Å². The lowest BCUT2D eigenvalue weighted by Crippen LogP contribution is -2.60. The average Bonchev–Trinajstić information content (AvgIpc) is 3.18. The molecule has 7 atom stereocenters. The number of ether oxygens (including phenoxy) is 2. The summed E-state index contributed by atoms with van der Waals surface area (Å²) in [5, 5.41) is 54.2. The third-order valence-corrected chi connectivity index (χ3v) is 11.4. The molecule has 1 rings (SSSR count). The van der Waals surface area contributed by atoms with Gasteiger partial charge in [-0.25, -0.2) is 0 Å². The van der Waals surface area contributed by atoms with Crippen LogP contribution in [0.4, 0.5) is 0 Å². The molecule has 1 fully saturated rings. The van der Waals surface area contributed by atoms with E-state index in [1.807, 2.05) is 6.08 Å². The normalized spacial score (nSPS) is 21.3. The summed E-state index contributed by atoms with van der Waals surface area (Å²) >= 11 is 0. The number of amides is 1. The summed E-state index contributed by atoms with van der Waals surface area (Å²) in [4.78, 5) is 13.0. The fourth-order valence-electron chi connectivity index (χ4n) is 7.57. The molecule has 2 unspecified atom stereocenters. The van der Waals surface area contributed by atoms with Crippen LogP contribution in [0.25, 0.3) is 0 Å². The second-order valence-electron chi connectivity index (χ2n) is 16.6. The van der Waals surface area contributed by atoms with Crippen LogP contribution in [0.1, 0.15) is 219 Å². The number of allylic oxidation sites excluding steroid dienone is 1. The molecule has 0 radical (unpaired) electrons. The van der Waals surface area contributed by atoms with Crippen LogP contribution < -0.4 is 5.32 Å². The van der Waals surface area contributed by atoms with E-state index in [0.29, 0.717) is 6.42 Å². The molecule has 1 amide bonds. The predicted octanol–water partition coefficient (Wildman–Crippen LogP) is 9.73. The van der Waals surface area contributed by atoms with E-state index >= 15 is 0 Å². The van der Waals surface area contributed by atoms with Crippen molar-refractivity contribution in [1.82, 2.24) is 5.32 Å². The van der Waals surface area contributed by atoms with Crippen molar-refractivity contribution in [3.8, 4) is 0 Å². The summed E-state index contributed by atoms with van der Waals surface area (Å²) < 4.78 is 11.2. The summed E-state index contributed by atoms with van der Waals surface area (Å²) in [5.74, 6) is -0.174. The van der Waals surface area contributed by atoms with E-state index in [1.165, 1.54) is 161 Å². The Balaban J connectivity index is 2.34. The fraction of sp³-hybridized carbons (Fsp3) is 0.935. The zero-order chi connectivity index (χ0) is 40.2. The predicted molar refractivity (Wildman–Crippen MR) is 226 cm³/mol. The molecule has 9 nitrogen and oxygen atoms in total. The Morgan fingerprint density at radius 1 is 0.600 bits per heavy atom. The van der Waals surface area contributed by atoms with Gasteiger partial charge in [-0.15, -0.1) is 0 Å². The minimum atomic E-state index is -1.56. The largest absolute Gasteiger partial charge is 0.394 e. The van der Waals surface area contributed by atoms with Crippen LogP contribution in [0.3, 0.4) is 0 Å². The van der Waals surface area contributed by atoms with Gasteiger partial charge in [-0.1, -0.05) is 206 Å². The molecular weight excluding hydrogens is 695 g/mol. The van der Waals surface area contributed by atoms with Crippen molar-refractivity contribution in [2.45, 2.75) is 262 Å². The maximum Gasteiger partial charge on any atom is 0.220 e. The Hall–Kier alpha value is -1.07. The second-order valence-corrected chi connectivity index (χ2v) is 16.6. The van der Waals surface area contributed by atoms with E-state index in [1.54, 1.807) is 6.08 Å². The monoisotopic (exact) mass is 784 g/mol. The van der Waals surface area contributed by atoms with Crippen molar-refractivity contribution in [2.75, 3.05) is 13.2 Å². The van der Waals surface area contributed by atoms with Gasteiger partial charge in [0.05, 0.1) is 25.4 Å². The highest BCUT2D eigenvalue weighted by Gasteiger charge is 2.44. The van der Waals surface area contributed by atoms with E-state index in [2.05, 4.69) is 19.2 Å². The molecule has 1 heterocycles. The lowest BCUT2D eigenvalue weighted by atomic mass is 9.99. The molecule has 326 valence electrons. The van der Waals surface area contributed by atoms with E-state index in [-0.39, 0.29) is 12.5 Å². The average molecular weight is 784 g/mol. The van der Waals surface area contributed by atoms with Gasteiger partial charge in [-0.2, -0.15) is 0 Å². The molecule has 1 aliphatic rings. The van der Waals surface area contributed by atoms with Crippen molar-refractivity contribution in [3.05, 3.63) is 12.2 Å². The van der Waals surface area contributed by atoms with Gasteiger partial charge in [0, 0.05) is 6.42 Å². The van der Waals surface area contributed by atoms with Crippen LogP contribution in [0.2, 0.25) is 0 Å². The first-order valence-corrected chi connectivity index (χ1v) is 23.4. The van der Waals surface area contributed by atoms with Crippen LogP contribution in [0, 0.1) is 0 Å². The number of aliphatic hydroxyl groups is 5. The number of nitrogens with one attached hydrogen (secondary N) is 1. The first-order valence-electron chi connectivity index (χ1n) is 23.4. The van der Waals surface area contributed by atoms with Gasteiger partial charge in [-0.05, 0) is 19.3 Å².